The Morgan fingerprint density at radius 2 is 1.81 bits per heavy atom. The monoisotopic (exact) mass is 378 g/mol. The van der Waals surface area contributed by atoms with Crippen LogP contribution in [-0.2, 0) is 9.53 Å². The summed E-state index contributed by atoms with van der Waals surface area (Å²) in [5.41, 5.74) is -2.35. The first-order valence-corrected chi connectivity index (χ1v) is 8.47. The van der Waals surface area contributed by atoms with Crippen molar-refractivity contribution in [3.63, 3.8) is 0 Å². The van der Waals surface area contributed by atoms with E-state index in [1.165, 1.54) is 31.4 Å². The fourth-order valence-corrected chi connectivity index (χ4v) is 3.08. The highest BCUT2D eigenvalue weighted by Gasteiger charge is 2.54. The number of halogens is 2. The molecule has 0 unspecified atom stereocenters. The third-order valence-electron chi connectivity index (χ3n) is 4.30. The summed E-state index contributed by atoms with van der Waals surface area (Å²) in [4.78, 5) is 25.3. The number of ether oxygens (including phenoxy) is 2. The van der Waals surface area contributed by atoms with E-state index in [1.807, 2.05) is 0 Å². The van der Waals surface area contributed by atoms with Crippen LogP contribution in [0.25, 0.3) is 0 Å². The van der Waals surface area contributed by atoms with E-state index >= 15 is 4.39 Å². The summed E-state index contributed by atoms with van der Waals surface area (Å²) in [6.07, 6.45) is 0.206. The van der Waals surface area contributed by atoms with Crippen molar-refractivity contribution in [2.45, 2.75) is 24.9 Å². The largest absolute Gasteiger partial charge is 0.497 e. The van der Waals surface area contributed by atoms with Crippen LogP contribution in [0.5, 0.6) is 5.75 Å². The molecule has 2 aromatic carbocycles. The maximum Gasteiger partial charge on any atom is 0.352 e. The second-order valence-electron chi connectivity index (χ2n) is 5.78. The number of Topliss-reactive ketones (excluding diaryl/α,β-unsaturated/α-hetero) is 1. The van der Waals surface area contributed by atoms with Gasteiger partial charge in [0.25, 0.3) is 5.67 Å². The van der Waals surface area contributed by atoms with Gasteiger partial charge >= 0.3 is 5.97 Å². The lowest BCUT2D eigenvalue weighted by Gasteiger charge is -2.30. The molecule has 0 N–H and O–H groups in total. The number of benzene rings is 2. The number of hydrogen-bond donors (Lipinski definition) is 0. The molecule has 4 nitrogen and oxygen atoms in total. The third-order valence-corrected chi connectivity index (χ3v) is 4.56. The molecule has 0 amide bonds. The van der Waals surface area contributed by atoms with Crippen LogP contribution in [0.4, 0.5) is 4.39 Å². The molecule has 0 radical (unpaired) electrons. The Kier molecular flexibility index (Phi) is 6.37. The molecular formula is C20H20ClFO4. The molecule has 0 spiro atoms. The summed E-state index contributed by atoms with van der Waals surface area (Å²) in [5, 5.41) is 0.406. The van der Waals surface area contributed by atoms with Gasteiger partial charge in [-0.3, -0.25) is 4.79 Å². The number of ketones is 1. The zero-order valence-electron chi connectivity index (χ0n) is 14.8. The highest BCUT2D eigenvalue weighted by atomic mass is 35.5. The van der Waals surface area contributed by atoms with Crippen LogP contribution in [-0.4, -0.2) is 31.6 Å². The van der Waals surface area contributed by atoms with E-state index in [-0.39, 0.29) is 12.0 Å². The summed E-state index contributed by atoms with van der Waals surface area (Å²) < 4.78 is 25.9. The van der Waals surface area contributed by atoms with Gasteiger partial charge in [-0.1, -0.05) is 30.7 Å². The van der Waals surface area contributed by atoms with Gasteiger partial charge in [0.15, 0.2) is 0 Å². The van der Waals surface area contributed by atoms with Gasteiger partial charge in [-0.2, -0.15) is 0 Å². The van der Waals surface area contributed by atoms with Gasteiger partial charge in [-0.05, 0) is 48.4 Å². The van der Waals surface area contributed by atoms with Crippen molar-refractivity contribution < 1.29 is 23.5 Å². The minimum absolute atomic E-state index is 0.0450. The van der Waals surface area contributed by atoms with Gasteiger partial charge < -0.3 is 9.47 Å². The Balaban J connectivity index is 2.57. The number of methoxy groups -OCH3 is 2. The van der Waals surface area contributed by atoms with Gasteiger partial charge in [-0.25, -0.2) is 9.18 Å². The maximum atomic E-state index is 16.1. The lowest BCUT2D eigenvalue weighted by molar-refractivity contribution is -0.152. The number of alkyl halides is 1. The predicted octanol–water partition coefficient (Wildman–Crippen LogP) is 4.61. The lowest BCUT2D eigenvalue weighted by atomic mass is 9.77. The van der Waals surface area contributed by atoms with E-state index in [0.717, 1.165) is 7.11 Å². The number of carbonyl (C=O) groups is 2. The summed E-state index contributed by atoms with van der Waals surface area (Å²) in [6.45, 7) is 1.70. The molecule has 0 aliphatic carbocycles. The lowest BCUT2D eigenvalue weighted by Crippen LogP contribution is -2.48. The second kappa shape index (κ2) is 8.32. The summed E-state index contributed by atoms with van der Waals surface area (Å²) in [7, 11) is 2.55. The SMILES string of the molecule is CC[C@@H](c1cccc(OC)c1)[C@](F)(C(=O)OC)C(=O)c1ccc(Cl)cc1. The molecule has 2 rings (SSSR count). The molecule has 0 saturated heterocycles. The first kappa shape index (κ1) is 19.9. The molecule has 138 valence electrons. The zero-order chi connectivity index (χ0) is 19.3. The Hall–Kier alpha value is -2.40. The van der Waals surface area contributed by atoms with Crippen molar-refractivity contribution in [1.29, 1.82) is 0 Å². The van der Waals surface area contributed by atoms with Crippen LogP contribution in [0, 0.1) is 0 Å². The number of rotatable bonds is 7. The molecule has 0 saturated carbocycles. The highest BCUT2D eigenvalue weighted by Crippen LogP contribution is 2.39. The van der Waals surface area contributed by atoms with E-state index in [1.54, 1.807) is 31.2 Å². The van der Waals surface area contributed by atoms with Gasteiger partial charge in [0.05, 0.1) is 14.2 Å². The molecule has 0 bridgehead atoms. The predicted molar refractivity (Wildman–Crippen MR) is 97.7 cm³/mol. The van der Waals surface area contributed by atoms with Gasteiger partial charge in [0.2, 0.25) is 5.78 Å². The van der Waals surface area contributed by atoms with Crippen molar-refractivity contribution in [2.75, 3.05) is 14.2 Å². The molecule has 0 aliphatic rings. The van der Waals surface area contributed by atoms with Crippen molar-refractivity contribution in [3.05, 3.63) is 64.7 Å². The minimum atomic E-state index is -2.87. The molecule has 0 aliphatic heterocycles. The first-order chi connectivity index (χ1) is 12.4. The van der Waals surface area contributed by atoms with Crippen LogP contribution >= 0.6 is 11.6 Å². The molecule has 0 fully saturated rings. The average Bonchev–Trinajstić information content (AvgIpc) is 2.67. The Bertz CT molecular complexity index is 791. The number of esters is 1. The van der Waals surface area contributed by atoms with Crippen molar-refractivity contribution >= 4 is 23.4 Å². The molecule has 6 heteroatoms. The first-order valence-electron chi connectivity index (χ1n) is 8.10. The second-order valence-corrected chi connectivity index (χ2v) is 6.21. The third kappa shape index (κ3) is 3.73. The van der Waals surface area contributed by atoms with E-state index in [0.29, 0.717) is 16.3 Å². The number of carbonyl (C=O) groups excluding carboxylic acids is 2. The van der Waals surface area contributed by atoms with E-state index < -0.39 is 23.3 Å². The Morgan fingerprint density at radius 3 is 2.35 bits per heavy atom. The Morgan fingerprint density at radius 1 is 1.15 bits per heavy atom. The summed E-state index contributed by atoms with van der Waals surface area (Å²) >= 11 is 5.83. The number of hydrogen-bond acceptors (Lipinski definition) is 4. The fourth-order valence-electron chi connectivity index (χ4n) is 2.96. The van der Waals surface area contributed by atoms with Crippen molar-refractivity contribution in [1.82, 2.24) is 0 Å². The molecular weight excluding hydrogens is 359 g/mol. The van der Waals surface area contributed by atoms with Gasteiger partial charge in [-0.15, -0.1) is 0 Å². The molecule has 2 atom stereocenters. The van der Waals surface area contributed by atoms with Crippen LogP contribution in [0.15, 0.2) is 48.5 Å². The Labute approximate surface area is 156 Å². The smallest absolute Gasteiger partial charge is 0.352 e. The summed E-state index contributed by atoms with van der Waals surface area (Å²) in [5.74, 6) is -2.72. The van der Waals surface area contributed by atoms with Crippen LogP contribution < -0.4 is 4.74 Å². The quantitative estimate of drug-likeness (QED) is 0.401. The van der Waals surface area contributed by atoms with Gasteiger partial charge in [0.1, 0.15) is 5.75 Å². The minimum Gasteiger partial charge on any atom is -0.497 e. The van der Waals surface area contributed by atoms with Crippen LogP contribution in [0.3, 0.4) is 0 Å². The van der Waals surface area contributed by atoms with Gasteiger partial charge in [0, 0.05) is 16.5 Å². The van der Waals surface area contributed by atoms with E-state index in [9.17, 15) is 9.59 Å². The highest BCUT2D eigenvalue weighted by molar-refractivity contribution is 6.30. The fraction of sp³-hybridized carbons (Fsp3) is 0.300. The van der Waals surface area contributed by atoms with Crippen molar-refractivity contribution in [3.8, 4) is 5.75 Å². The average molecular weight is 379 g/mol. The molecule has 26 heavy (non-hydrogen) atoms. The molecule has 0 aromatic heterocycles. The standard InChI is InChI=1S/C20H20ClFO4/c1-4-17(14-6-5-7-16(12-14)25-2)20(22,19(24)26-3)18(23)13-8-10-15(21)11-9-13/h5-12,17H,4H2,1-3H3/t17-,20+/m0/s1. The van der Waals surface area contributed by atoms with E-state index in [4.69, 9.17) is 16.3 Å². The molecule has 2 aromatic rings. The zero-order valence-corrected chi connectivity index (χ0v) is 15.5. The van der Waals surface area contributed by atoms with Crippen molar-refractivity contribution in [2.24, 2.45) is 0 Å². The summed E-state index contributed by atoms with van der Waals surface area (Å²) in [6, 6.07) is 12.4. The van der Waals surface area contributed by atoms with Crippen LogP contribution in [0.2, 0.25) is 5.02 Å². The maximum absolute atomic E-state index is 16.1. The normalized spacial score (nSPS) is 14.2. The molecule has 0 heterocycles. The van der Waals surface area contributed by atoms with E-state index in [2.05, 4.69) is 4.74 Å². The van der Waals surface area contributed by atoms with Crippen LogP contribution in [0.1, 0.15) is 35.2 Å². The topological polar surface area (TPSA) is 52.6 Å².